The summed E-state index contributed by atoms with van der Waals surface area (Å²) in [5.41, 5.74) is 9.16. The maximum Gasteiger partial charge on any atom is 0.213 e. The van der Waals surface area contributed by atoms with E-state index in [9.17, 15) is 0 Å². The van der Waals surface area contributed by atoms with Crippen LogP contribution < -0.4 is 15.9 Å². The van der Waals surface area contributed by atoms with Gasteiger partial charge in [0.1, 0.15) is 5.69 Å². The van der Waals surface area contributed by atoms with Crippen LogP contribution in [0.4, 0.5) is 0 Å². The lowest BCUT2D eigenvalue weighted by Crippen LogP contribution is -2.45. The molecular weight excluding hydrogens is 278 g/mol. The van der Waals surface area contributed by atoms with Gasteiger partial charge in [0.15, 0.2) is 10.9 Å². The van der Waals surface area contributed by atoms with Crippen LogP contribution in [0.5, 0.6) is 5.88 Å². The first-order valence-corrected chi connectivity index (χ1v) is 6.59. The molecule has 1 aromatic rings. The van der Waals surface area contributed by atoms with Crippen LogP contribution in [0.25, 0.3) is 0 Å². The average Bonchev–Trinajstić information content (AvgIpc) is 2.53. The first-order valence-electron chi connectivity index (χ1n) is 6.18. The van der Waals surface area contributed by atoms with Crippen molar-refractivity contribution in [3.63, 3.8) is 0 Å². The number of aromatic nitrogens is 1. The molecule has 0 atom stereocenters. The number of rotatable bonds is 3. The molecule has 0 aliphatic carbocycles. The molecule has 0 spiro atoms. The molecule has 2 heterocycles. The van der Waals surface area contributed by atoms with Gasteiger partial charge in [-0.15, -0.1) is 0 Å². The zero-order valence-electron chi connectivity index (χ0n) is 11.2. The maximum atomic E-state index is 5.86. The number of ether oxygens (including phenoxy) is 2. The SMILES string of the molecule is COc1cccc(/C(N)=N/NC(=S)N2CCOCC2)n1. The Morgan fingerprint density at radius 1 is 1.50 bits per heavy atom. The van der Waals surface area contributed by atoms with E-state index in [4.69, 9.17) is 27.4 Å². The molecule has 0 aromatic carbocycles. The van der Waals surface area contributed by atoms with Crippen molar-refractivity contribution in [1.82, 2.24) is 15.3 Å². The molecule has 0 radical (unpaired) electrons. The van der Waals surface area contributed by atoms with Crippen LogP contribution in [0.15, 0.2) is 23.3 Å². The lowest BCUT2D eigenvalue weighted by atomic mass is 10.3. The second kappa shape index (κ2) is 7.01. The highest BCUT2D eigenvalue weighted by Crippen LogP contribution is 2.06. The number of nitrogens with zero attached hydrogens (tertiary/aromatic N) is 3. The second-order valence-corrected chi connectivity index (χ2v) is 4.47. The fourth-order valence-electron chi connectivity index (χ4n) is 1.67. The Morgan fingerprint density at radius 3 is 2.95 bits per heavy atom. The van der Waals surface area contributed by atoms with Gasteiger partial charge in [0, 0.05) is 19.2 Å². The summed E-state index contributed by atoms with van der Waals surface area (Å²) in [7, 11) is 1.55. The first-order chi connectivity index (χ1) is 9.70. The minimum Gasteiger partial charge on any atom is -0.481 e. The van der Waals surface area contributed by atoms with Crippen molar-refractivity contribution in [1.29, 1.82) is 0 Å². The Balaban J connectivity index is 1.97. The van der Waals surface area contributed by atoms with E-state index in [2.05, 4.69) is 15.5 Å². The summed E-state index contributed by atoms with van der Waals surface area (Å²) in [5, 5.41) is 4.57. The number of nitrogens with two attached hydrogens (primary N) is 1. The lowest BCUT2D eigenvalue weighted by Gasteiger charge is -2.28. The van der Waals surface area contributed by atoms with Crippen LogP contribution in [-0.2, 0) is 4.74 Å². The number of pyridine rings is 1. The third-order valence-corrected chi connectivity index (χ3v) is 3.11. The molecule has 0 bridgehead atoms. The summed E-state index contributed by atoms with van der Waals surface area (Å²) in [5.74, 6) is 0.732. The minimum absolute atomic E-state index is 0.250. The molecule has 0 saturated carbocycles. The van der Waals surface area contributed by atoms with E-state index in [-0.39, 0.29) is 5.84 Å². The van der Waals surface area contributed by atoms with Gasteiger partial charge in [-0.3, -0.25) is 5.43 Å². The van der Waals surface area contributed by atoms with E-state index in [0.717, 1.165) is 13.1 Å². The summed E-state index contributed by atoms with van der Waals surface area (Å²) >= 11 is 5.24. The van der Waals surface area contributed by atoms with E-state index in [1.807, 2.05) is 4.90 Å². The highest BCUT2D eigenvalue weighted by atomic mass is 32.1. The van der Waals surface area contributed by atoms with Crippen molar-refractivity contribution in [2.45, 2.75) is 0 Å². The minimum atomic E-state index is 0.250. The summed E-state index contributed by atoms with van der Waals surface area (Å²) in [6, 6.07) is 5.28. The van der Waals surface area contributed by atoms with E-state index in [1.165, 1.54) is 0 Å². The number of thiocarbonyl (C=S) groups is 1. The quantitative estimate of drug-likeness (QED) is 0.349. The van der Waals surface area contributed by atoms with E-state index < -0.39 is 0 Å². The third kappa shape index (κ3) is 3.78. The van der Waals surface area contributed by atoms with Crippen LogP contribution in [0.1, 0.15) is 5.69 Å². The van der Waals surface area contributed by atoms with Gasteiger partial charge in [0.2, 0.25) is 5.88 Å². The maximum absolute atomic E-state index is 5.86. The van der Waals surface area contributed by atoms with Crippen LogP contribution in [-0.4, -0.2) is 54.2 Å². The monoisotopic (exact) mass is 295 g/mol. The number of morpholine rings is 1. The van der Waals surface area contributed by atoms with Gasteiger partial charge in [0.25, 0.3) is 0 Å². The van der Waals surface area contributed by atoms with Crippen LogP contribution in [0.3, 0.4) is 0 Å². The van der Waals surface area contributed by atoms with Gasteiger partial charge >= 0.3 is 0 Å². The second-order valence-electron chi connectivity index (χ2n) is 4.08. The smallest absolute Gasteiger partial charge is 0.213 e. The highest BCUT2D eigenvalue weighted by molar-refractivity contribution is 7.80. The summed E-state index contributed by atoms with van der Waals surface area (Å²) in [6.45, 7) is 2.83. The van der Waals surface area contributed by atoms with Crippen LogP contribution in [0, 0.1) is 0 Å². The Kier molecular flexibility index (Phi) is 5.08. The highest BCUT2D eigenvalue weighted by Gasteiger charge is 2.13. The Bertz CT molecular complexity index is 502. The summed E-state index contributed by atoms with van der Waals surface area (Å²) in [4.78, 5) is 6.17. The number of hydrazone groups is 1. The molecule has 8 heteroatoms. The van der Waals surface area contributed by atoms with Crippen molar-refractivity contribution < 1.29 is 9.47 Å². The molecule has 20 heavy (non-hydrogen) atoms. The molecule has 7 nitrogen and oxygen atoms in total. The molecule has 1 saturated heterocycles. The topological polar surface area (TPSA) is 85.0 Å². The Morgan fingerprint density at radius 2 is 2.25 bits per heavy atom. The van der Waals surface area contributed by atoms with Crippen molar-refractivity contribution in [2.24, 2.45) is 10.8 Å². The number of hydrogen-bond donors (Lipinski definition) is 2. The van der Waals surface area contributed by atoms with Gasteiger partial charge in [-0.05, 0) is 18.3 Å². The number of nitrogens with one attached hydrogen (secondary N) is 1. The van der Waals surface area contributed by atoms with E-state index in [1.54, 1.807) is 25.3 Å². The van der Waals surface area contributed by atoms with Crippen molar-refractivity contribution in [3.8, 4) is 5.88 Å². The average molecular weight is 295 g/mol. The zero-order valence-corrected chi connectivity index (χ0v) is 12.0. The molecule has 1 aromatic heterocycles. The lowest BCUT2D eigenvalue weighted by molar-refractivity contribution is 0.0677. The molecule has 3 N–H and O–H groups in total. The van der Waals surface area contributed by atoms with Crippen LogP contribution >= 0.6 is 12.2 Å². The molecule has 108 valence electrons. The van der Waals surface area contributed by atoms with E-state index >= 15 is 0 Å². The zero-order chi connectivity index (χ0) is 14.4. The molecule has 2 rings (SSSR count). The standard InChI is InChI=1S/C12H17N5O2S/c1-18-10-4-2-3-9(14-10)11(13)15-16-12(20)17-5-7-19-8-6-17/h2-4H,5-8H2,1H3,(H2,13,15)(H,16,20). The molecule has 0 unspecified atom stereocenters. The predicted octanol–water partition coefficient (Wildman–Crippen LogP) is -0.0828. The van der Waals surface area contributed by atoms with Gasteiger partial charge < -0.3 is 20.1 Å². The number of amidine groups is 1. The summed E-state index contributed by atoms with van der Waals surface area (Å²) in [6.07, 6.45) is 0. The third-order valence-electron chi connectivity index (χ3n) is 2.77. The fourth-order valence-corrected chi connectivity index (χ4v) is 1.90. The van der Waals surface area contributed by atoms with Crippen LogP contribution in [0.2, 0.25) is 0 Å². The van der Waals surface area contributed by atoms with Crippen molar-refractivity contribution in [2.75, 3.05) is 33.4 Å². The predicted molar refractivity (Wildman–Crippen MR) is 79.6 cm³/mol. The van der Waals surface area contributed by atoms with Gasteiger partial charge in [0.05, 0.1) is 20.3 Å². The van der Waals surface area contributed by atoms with Gasteiger partial charge in [-0.25, -0.2) is 4.98 Å². The molecule has 1 aliphatic heterocycles. The first kappa shape index (κ1) is 14.5. The van der Waals surface area contributed by atoms with Crippen molar-refractivity contribution >= 4 is 23.2 Å². The Labute approximate surface area is 122 Å². The largest absolute Gasteiger partial charge is 0.481 e. The number of hydrogen-bond acceptors (Lipinski definition) is 5. The van der Waals surface area contributed by atoms with Crippen molar-refractivity contribution in [3.05, 3.63) is 23.9 Å². The Hall–Kier alpha value is -1.93. The molecule has 1 fully saturated rings. The van der Waals surface area contributed by atoms with E-state index in [0.29, 0.717) is 29.9 Å². The number of methoxy groups -OCH3 is 1. The normalized spacial score (nSPS) is 15.8. The fraction of sp³-hybridized carbons (Fsp3) is 0.417. The summed E-state index contributed by atoms with van der Waals surface area (Å²) < 4.78 is 10.3. The van der Waals surface area contributed by atoms with Gasteiger partial charge in [-0.2, -0.15) is 5.10 Å². The van der Waals surface area contributed by atoms with Gasteiger partial charge in [-0.1, -0.05) is 6.07 Å². The molecule has 1 aliphatic rings. The molecule has 0 amide bonds. The molecular formula is C12H17N5O2S.